The van der Waals surface area contributed by atoms with Crippen molar-refractivity contribution >= 4 is 35.3 Å². The third-order valence-electron chi connectivity index (χ3n) is 3.93. The number of rotatable bonds is 2. The summed E-state index contributed by atoms with van der Waals surface area (Å²) in [6.07, 6.45) is 2.11. The molecule has 112 valence electrons. The summed E-state index contributed by atoms with van der Waals surface area (Å²) in [7, 11) is 0. The van der Waals surface area contributed by atoms with Gasteiger partial charge in [-0.2, -0.15) is 11.3 Å². The second-order valence-electron chi connectivity index (χ2n) is 5.29. The van der Waals surface area contributed by atoms with E-state index in [1.807, 2.05) is 24.0 Å². The molecule has 2 heterocycles. The number of thiophene rings is 1. The molecule has 0 aliphatic carbocycles. The first-order chi connectivity index (χ1) is 9.66. The number of hydrogen-bond acceptors (Lipinski definition) is 3. The van der Waals surface area contributed by atoms with Crippen molar-refractivity contribution in [3.63, 3.8) is 0 Å². The lowest BCUT2D eigenvalue weighted by Gasteiger charge is -2.25. The van der Waals surface area contributed by atoms with Gasteiger partial charge in [-0.05, 0) is 59.9 Å². The van der Waals surface area contributed by atoms with Crippen molar-refractivity contribution in [1.29, 1.82) is 0 Å². The molecule has 0 bridgehead atoms. The number of halogens is 1. The first-order valence-corrected chi connectivity index (χ1v) is 7.80. The number of hydrogen-bond donors (Lipinski definition) is 1. The number of carbonyl (C=O) groups excluding carboxylic acids is 1. The van der Waals surface area contributed by atoms with Crippen LogP contribution in [0.1, 0.15) is 40.4 Å². The third kappa shape index (κ3) is 3.06. The molecule has 2 aromatic rings. The Labute approximate surface area is 135 Å². The monoisotopic (exact) mass is 322 g/mol. The number of nitrogen functional groups attached to an aromatic ring is 1. The van der Waals surface area contributed by atoms with Crippen LogP contribution in [0.15, 0.2) is 35.0 Å². The van der Waals surface area contributed by atoms with Gasteiger partial charge in [0.25, 0.3) is 5.91 Å². The van der Waals surface area contributed by atoms with E-state index in [1.165, 1.54) is 5.56 Å². The first-order valence-electron chi connectivity index (χ1n) is 6.86. The van der Waals surface area contributed by atoms with E-state index in [0.29, 0.717) is 5.69 Å². The summed E-state index contributed by atoms with van der Waals surface area (Å²) in [6.45, 7) is 2.79. The number of anilines is 1. The Hall–Kier alpha value is -1.52. The minimum atomic E-state index is 0. The SMILES string of the molecule is Cc1ccc(N)cc1C(=O)N1CCCC1c1ccsc1.Cl. The van der Waals surface area contributed by atoms with Crippen LogP contribution in [0, 0.1) is 6.92 Å². The molecule has 1 amide bonds. The van der Waals surface area contributed by atoms with Crippen molar-refractivity contribution in [3.8, 4) is 0 Å². The molecule has 3 nitrogen and oxygen atoms in total. The predicted molar refractivity (Wildman–Crippen MR) is 90.2 cm³/mol. The standard InChI is InChI=1S/C16H18N2OS.ClH/c1-11-4-5-13(17)9-14(11)16(19)18-7-2-3-15(18)12-6-8-20-10-12;/h4-6,8-10,15H,2-3,7,17H2,1H3;1H. The number of nitrogens with zero attached hydrogens (tertiary/aromatic N) is 1. The van der Waals surface area contributed by atoms with E-state index in [1.54, 1.807) is 17.4 Å². The van der Waals surface area contributed by atoms with Crippen molar-refractivity contribution in [2.75, 3.05) is 12.3 Å². The average molecular weight is 323 g/mol. The van der Waals surface area contributed by atoms with Gasteiger partial charge in [-0.1, -0.05) is 6.07 Å². The highest BCUT2D eigenvalue weighted by Gasteiger charge is 2.31. The Morgan fingerprint density at radius 1 is 1.38 bits per heavy atom. The zero-order chi connectivity index (χ0) is 14.1. The Kier molecular flexibility index (Phi) is 4.91. The van der Waals surface area contributed by atoms with E-state index >= 15 is 0 Å². The third-order valence-corrected chi connectivity index (χ3v) is 4.64. The van der Waals surface area contributed by atoms with Crippen LogP contribution in [0.4, 0.5) is 5.69 Å². The second-order valence-corrected chi connectivity index (χ2v) is 6.07. The number of likely N-dealkylation sites (tertiary alicyclic amines) is 1. The van der Waals surface area contributed by atoms with E-state index in [2.05, 4.69) is 16.8 Å². The zero-order valence-electron chi connectivity index (χ0n) is 11.9. The van der Waals surface area contributed by atoms with Gasteiger partial charge in [0, 0.05) is 17.8 Å². The van der Waals surface area contributed by atoms with E-state index in [0.717, 1.165) is 30.5 Å². The fourth-order valence-electron chi connectivity index (χ4n) is 2.85. The highest BCUT2D eigenvalue weighted by molar-refractivity contribution is 7.08. The van der Waals surface area contributed by atoms with Gasteiger partial charge >= 0.3 is 0 Å². The van der Waals surface area contributed by atoms with Gasteiger partial charge in [0.2, 0.25) is 0 Å². The Morgan fingerprint density at radius 2 is 2.19 bits per heavy atom. The predicted octanol–water partition coefficient (Wildman–Crippen LogP) is 4.04. The second kappa shape index (κ2) is 6.50. The van der Waals surface area contributed by atoms with Crippen LogP contribution in [0.25, 0.3) is 0 Å². The highest BCUT2D eigenvalue weighted by atomic mass is 35.5. The first kappa shape index (κ1) is 15.9. The fraction of sp³-hybridized carbons (Fsp3) is 0.312. The maximum atomic E-state index is 12.8. The van der Waals surface area contributed by atoms with Crippen LogP contribution in [-0.4, -0.2) is 17.4 Å². The molecule has 1 saturated heterocycles. The molecule has 1 aromatic heterocycles. The molecule has 1 aliphatic rings. The van der Waals surface area contributed by atoms with E-state index in [9.17, 15) is 4.79 Å². The largest absolute Gasteiger partial charge is 0.399 e. The van der Waals surface area contributed by atoms with Crippen LogP contribution in [-0.2, 0) is 0 Å². The number of nitrogens with two attached hydrogens (primary N) is 1. The highest BCUT2D eigenvalue weighted by Crippen LogP contribution is 2.34. The Balaban J connectivity index is 0.00000161. The van der Waals surface area contributed by atoms with Gasteiger partial charge < -0.3 is 10.6 Å². The summed E-state index contributed by atoms with van der Waals surface area (Å²) in [5.74, 6) is 0.100. The number of aryl methyl sites for hydroxylation is 1. The molecule has 1 fully saturated rings. The zero-order valence-corrected chi connectivity index (χ0v) is 13.5. The molecule has 2 N–H and O–H groups in total. The lowest BCUT2D eigenvalue weighted by Crippen LogP contribution is -2.31. The van der Waals surface area contributed by atoms with Gasteiger partial charge in [-0.3, -0.25) is 4.79 Å². The van der Waals surface area contributed by atoms with Gasteiger partial charge in [0.15, 0.2) is 0 Å². The summed E-state index contributed by atoms with van der Waals surface area (Å²) in [5, 5.41) is 4.21. The number of amides is 1. The number of benzene rings is 1. The summed E-state index contributed by atoms with van der Waals surface area (Å²) in [6, 6.07) is 7.88. The minimum absolute atomic E-state index is 0. The molecule has 1 unspecified atom stereocenters. The molecular formula is C16H19ClN2OS. The van der Waals surface area contributed by atoms with E-state index in [-0.39, 0.29) is 24.4 Å². The maximum Gasteiger partial charge on any atom is 0.254 e. The Morgan fingerprint density at radius 3 is 2.90 bits per heavy atom. The molecule has 3 rings (SSSR count). The molecule has 1 aromatic carbocycles. The maximum absolute atomic E-state index is 12.8. The fourth-order valence-corrected chi connectivity index (χ4v) is 3.55. The van der Waals surface area contributed by atoms with Crippen LogP contribution in [0.2, 0.25) is 0 Å². The van der Waals surface area contributed by atoms with Crippen LogP contribution in [0.3, 0.4) is 0 Å². The summed E-state index contributed by atoms with van der Waals surface area (Å²) in [5.41, 5.74) is 9.44. The van der Waals surface area contributed by atoms with Gasteiger partial charge in [0.1, 0.15) is 0 Å². The normalized spacial score (nSPS) is 17.6. The Bertz CT molecular complexity index is 627. The van der Waals surface area contributed by atoms with Crippen molar-refractivity contribution in [1.82, 2.24) is 4.90 Å². The van der Waals surface area contributed by atoms with Crippen molar-refractivity contribution in [2.45, 2.75) is 25.8 Å². The summed E-state index contributed by atoms with van der Waals surface area (Å²) >= 11 is 1.68. The van der Waals surface area contributed by atoms with Crippen LogP contribution >= 0.6 is 23.7 Å². The molecular weight excluding hydrogens is 304 g/mol. The van der Waals surface area contributed by atoms with E-state index < -0.39 is 0 Å². The molecule has 0 spiro atoms. The molecule has 5 heteroatoms. The lowest BCUT2D eigenvalue weighted by molar-refractivity contribution is 0.0735. The quantitative estimate of drug-likeness (QED) is 0.848. The average Bonchev–Trinajstić information content (AvgIpc) is 3.10. The van der Waals surface area contributed by atoms with E-state index in [4.69, 9.17) is 5.73 Å². The summed E-state index contributed by atoms with van der Waals surface area (Å²) in [4.78, 5) is 14.8. The molecule has 0 radical (unpaired) electrons. The molecule has 21 heavy (non-hydrogen) atoms. The molecule has 0 saturated carbocycles. The molecule has 1 atom stereocenters. The van der Waals surface area contributed by atoms with Gasteiger partial charge in [-0.15, -0.1) is 12.4 Å². The van der Waals surface area contributed by atoms with Gasteiger partial charge in [-0.25, -0.2) is 0 Å². The van der Waals surface area contributed by atoms with Gasteiger partial charge in [0.05, 0.1) is 6.04 Å². The van der Waals surface area contributed by atoms with Crippen molar-refractivity contribution in [3.05, 3.63) is 51.7 Å². The minimum Gasteiger partial charge on any atom is -0.399 e. The number of carbonyl (C=O) groups is 1. The van der Waals surface area contributed by atoms with Crippen LogP contribution in [0.5, 0.6) is 0 Å². The van der Waals surface area contributed by atoms with Crippen molar-refractivity contribution < 1.29 is 4.79 Å². The van der Waals surface area contributed by atoms with Crippen molar-refractivity contribution in [2.24, 2.45) is 0 Å². The smallest absolute Gasteiger partial charge is 0.254 e. The lowest BCUT2D eigenvalue weighted by atomic mass is 10.0. The molecule has 1 aliphatic heterocycles. The van der Waals surface area contributed by atoms with Crippen LogP contribution < -0.4 is 5.73 Å². The summed E-state index contributed by atoms with van der Waals surface area (Å²) < 4.78 is 0. The topological polar surface area (TPSA) is 46.3 Å².